The average molecular weight is 468 g/mol. The first-order valence-electron chi connectivity index (χ1n) is 13.0. The molecule has 34 heavy (non-hydrogen) atoms. The third kappa shape index (κ3) is 4.38. The molecule has 0 spiro atoms. The van der Waals surface area contributed by atoms with Crippen molar-refractivity contribution in [3.05, 3.63) is 64.7 Å². The van der Waals surface area contributed by atoms with Crippen LogP contribution in [0.5, 0.6) is 5.75 Å². The Bertz CT molecular complexity index is 1350. The van der Waals surface area contributed by atoms with Crippen molar-refractivity contribution in [3.63, 3.8) is 0 Å². The highest BCUT2D eigenvalue weighted by Gasteiger charge is 2.40. The predicted octanol–water partition coefficient (Wildman–Crippen LogP) is 1.39. The van der Waals surface area contributed by atoms with E-state index in [2.05, 4.69) is 5.32 Å². The molecule has 4 amide bonds. The first-order chi connectivity index (χ1) is 18.0. The predicted molar refractivity (Wildman–Crippen MR) is 119 cm³/mol. The van der Waals surface area contributed by atoms with E-state index in [-0.39, 0.29) is 67.4 Å². The van der Waals surface area contributed by atoms with Gasteiger partial charge in [-0.3, -0.25) is 24.5 Å². The van der Waals surface area contributed by atoms with Gasteiger partial charge in [0.25, 0.3) is 5.91 Å². The van der Waals surface area contributed by atoms with Crippen LogP contribution in [0.1, 0.15) is 45.4 Å². The second-order valence-corrected chi connectivity index (χ2v) is 8.27. The summed E-state index contributed by atoms with van der Waals surface area (Å²) < 4.78 is 44.8. The number of benzene rings is 2. The SMILES string of the molecule is [2H]c1cc(C([2H])([2H])Oc2cccc3c2CN(C2CCC(=O)NC2=O)C3=O)c([2H])cc1CN1CCOCC1=O. The average Bonchev–Trinajstić information content (AvgIpc) is 3.19. The summed E-state index contributed by atoms with van der Waals surface area (Å²) in [5.74, 6) is -1.51. The number of amides is 4. The van der Waals surface area contributed by atoms with Crippen LogP contribution >= 0.6 is 0 Å². The van der Waals surface area contributed by atoms with Crippen LogP contribution in [0.4, 0.5) is 0 Å². The molecule has 0 radical (unpaired) electrons. The molecule has 1 N–H and O–H groups in total. The highest BCUT2D eigenvalue weighted by molar-refractivity contribution is 6.05. The van der Waals surface area contributed by atoms with E-state index < -0.39 is 30.3 Å². The Labute approximate surface area is 202 Å². The minimum atomic E-state index is -2.53. The number of fused-ring (bicyclic) bond motifs is 1. The minimum absolute atomic E-state index is 0.00333. The lowest BCUT2D eigenvalue weighted by molar-refractivity contribution is -0.143. The number of rotatable bonds is 6. The van der Waals surface area contributed by atoms with E-state index in [1.165, 1.54) is 34.1 Å². The smallest absolute Gasteiger partial charge is 0.255 e. The van der Waals surface area contributed by atoms with Crippen LogP contribution in [-0.2, 0) is 38.8 Å². The van der Waals surface area contributed by atoms with Crippen molar-refractivity contribution in [2.75, 3.05) is 19.8 Å². The van der Waals surface area contributed by atoms with E-state index in [0.717, 1.165) is 0 Å². The van der Waals surface area contributed by atoms with Crippen LogP contribution in [0.3, 0.4) is 0 Å². The molecular weight excluding hydrogens is 438 g/mol. The Morgan fingerprint density at radius 2 is 1.97 bits per heavy atom. The monoisotopic (exact) mass is 467 g/mol. The summed E-state index contributed by atoms with van der Waals surface area (Å²) in [7, 11) is 0. The zero-order valence-corrected chi connectivity index (χ0v) is 18.3. The number of carbonyl (C=O) groups excluding carboxylic acids is 4. The maximum Gasteiger partial charge on any atom is 0.255 e. The lowest BCUT2D eigenvalue weighted by Crippen LogP contribution is -2.52. The number of hydrogen-bond acceptors (Lipinski definition) is 6. The van der Waals surface area contributed by atoms with Crippen LogP contribution in [0.2, 0.25) is 0 Å². The first kappa shape index (κ1) is 17.7. The van der Waals surface area contributed by atoms with Crippen molar-refractivity contribution in [3.8, 4) is 5.75 Å². The Morgan fingerprint density at radius 1 is 1.15 bits per heavy atom. The van der Waals surface area contributed by atoms with Gasteiger partial charge in [0.15, 0.2) is 0 Å². The van der Waals surface area contributed by atoms with Crippen molar-refractivity contribution in [1.82, 2.24) is 15.1 Å². The number of nitrogens with one attached hydrogen (secondary N) is 1. The largest absolute Gasteiger partial charge is 0.489 e. The maximum absolute atomic E-state index is 13.1. The van der Waals surface area contributed by atoms with Crippen LogP contribution in [0.25, 0.3) is 0 Å². The molecule has 5 rings (SSSR count). The van der Waals surface area contributed by atoms with Gasteiger partial charge in [-0.1, -0.05) is 30.3 Å². The van der Waals surface area contributed by atoms with E-state index in [1.54, 1.807) is 6.07 Å². The van der Waals surface area contributed by atoms with Crippen molar-refractivity contribution in [1.29, 1.82) is 0 Å². The fraction of sp³-hybridized carbons (Fsp3) is 0.360. The molecule has 3 aliphatic heterocycles. The van der Waals surface area contributed by atoms with Gasteiger partial charge in [0, 0.05) is 30.6 Å². The van der Waals surface area contributed by atoms with Gasteiger partial charge in [0.2, 0.25) is 17.7 Å². The summed E-state index contributed by atoms with van der Waals surface area (Å²) in [4.78, 5) is 51.8. The molecule has 2 aromatic carbocycles. The summed E-state index contributed by atoms with van der Waals surface area (Å²) in [5, 5.41) is 2.24. The summed E-state index contributed by atoms with van der Waals surface area (Å²) in [6, 6.07) is 6.10. The quantitative estimate of drug-likeness (QED) is 0.644. The van der Waals surface area contributed by atoms with Gasteiger partial charge in [-0.15, -0.1) is 0 Å². The van der Waals surface area contributed by atoms with Crippen LogP contribution in [0.15, 0.2) is 42.4 Å². The van der Waals surface area contributed by atoms with E-state index >= 15 is 0 Å². The maximum atomic E-state index is 13.1. The van der Waals surface area contributed by atoms with Crippen molar-refractivity contribution in [2.45, 2.75) is 38.5 Å². The molecule has 2 aromatic rings. The van der Waals surface area contributed by atoms with Crippen molar-refractivity contribution in [2.24, 2.45) is 0 Å². The molecule has 0 aliphatic carbocycles. The molecule has 3 aliphatic rings. The van der Waals surface area contributed by atoms with Gasteiger partial charge >= 0.3 is 0 Å². The Balaban J connectivity index is 1.38. The zero-order chi connectivity index (χ0) is 27.2. The highest BCUT2D eigenvalue weighted by atomic mass is 16.5. The van der Waals surface area contributed by atoms with E-state index in [9.17, 15) is 19.2 Å². The number of piperidine rings is 1. The van der Waals surface area contributed by atoms with E-state index in [0.29, 0.717) is 24.3 Å². The van der Waals surface area contributed by atoms with Gasteiger partial charge in [-0.05, 0) is 29.7 Å². The summed E-state index contributed by atoms with van der Waals surface area (Å²) in [5.41, 5.74) is 0.881. The normalized spacial score (nSPS) is 22.5. The van der Waals surface area contributed by atoms with Crippen molar-refractivity contribution < 1.29 is 34.1 Å². The number of morpholine rings is 1. The van der Waals surface area contributed by atoms with Gasteiger partial charge < -0.3 is 19.3 Å². The zero-order valence-electron chi connectivity index (χ0n) is 22.3. The first-order valence-corrected chi connectivity index (χ1v) is 11.0. The van der Waals surface area contributed by atoms with Gasteiger partial charge in [0.05, 0.1) is 18.6 Å². The molecule has 9 nitrogen and oxygen atoms in total. The van der Waals surface area contributed by atoms with Gasteiger partial charge in [0.1, 0.15) is 25.0 Å². The van der Waals surface area contributed by atoms with Crippen LogP contribution in [0, 0.1) is 0 Å². The molecule has 9 heteroatoms. The highest BCUT2D eigenvalue weighted by Crippen LogP contribution is 2.34. The molecule has 1 atom stereocenters. The fourth-order valence-electron chi connectivity index (χ4n) is 4.25. The summed E-state index contributed by atoms with van der Waals surface area (Å²) in [6.07, 6.45) is 0.304. The number of hydrogen-bond donors (Lipinski definition) is 1. The third-order valence-corrected chi connectivity index (χ3v) is 6.06. The van der Waals surface area contributed by atoms with Crippen LogP contribution in [-0.4, -0.2) is 59.2 Å². The second kappa shape index (κ2) is 9.26. The number of carbonyl (C=O) groups is 4. The second-order valence-electron chi connectivity index (χ2n) is 8.27. The summed E-state index contributed by atoms with van der Waals surface area (Å²) in [6.45, 7) is -1.71. The lowest BCUT2D eigenvalue weighted by atomic mass is 10.0. The summed E-state index contributed by atoms with van der Waals surface area (Å²) >= 11 is 0. The minimum Gasteiger partial charge on any atom is -0.489 e. The Hall–Kier alpha value is -3.72. The molecule has 2 saturated heterocycles. The third-order valence-electron chi connectivity index (χ3n) is 6.06. The van der Waals surface area contributed by atoms with Gasteiger partial charge in [-0.2, -0.15) is 0 Å². The Morgan fingerprint density at radius 3 is 2.79 bits per heavy atom. The molecule has 3 heterocycles. The van der Waals surface area contributed by atoms with E-state index in [4.69, 9.17) is 15.0 Å². The topological polar surface area (TPSA) is 105 Å². The molecule has 0 aromatic heterocycles. The number of ether oxygens (including phenoxy) is 2. The molecular formula is C25H25N3O6. The number of imide groups is 1. The molecule has 0 bridgehead atoms. The Kier molecular flexibility index (Phi) is 4.83. The number of nitrogens with zero attached hydrogens (tertiary/aromatic N) is 2. The fourth-order valence-corrected chi connectivity index (χ4v) is 4.25. The van der Waals surface area contributed by atoms with E-state index in [1.807, 2.05) is 0 Å². The van der Waals surface area contributed by atoms with Crippen molar-refractivity contribution >= 4 is 23.6 Å². The molecule has 2 fully saturated rings. The molecule has 176 valence electrons. The van der Waals surface area contributed by atoms with Crippen LogP contribution < -0.4 is 10.1 Å². The standard InChI is InChI=1S/C25H25N3O6/c29-22-9-8-20(24(31)26-22)28-13-19-18(25(28)32)2-1-3-21(19)34-14-17-6-4-16(5-7-17)12-27-10-11-33-15-23(27)30/h1-7,20H,8-15H2,(H,26,29,31)/i4D,7D,14D2. The lowest BCUT2D eigenvalue weighted by Gasteiger charge is -2.29. The molecule has 1 unspecified atom stereocenters. The van der Waals surface area contributed by atoms with Gasteiger partial charge in [-0.25, -0.2) is 0 Å². The molecule has 0 saturated carbocycles.